The van der Waals surface area contributed by atoms with Gasteiger partial charge in [-0.15, -0.1) is 0 Å². The fourth-order valence-corrected chi connectivity index (χ4v) is 3.27. The van der Waals surface area contributed by atoms with Gasteiger partial charge in [-0.05, 0) is 23.3 Å². The van der Waals surface area contributed by atoms with Crippen LogP contribution in [0.1, 0.15) is 29.2 Å². The van der Waals surface area contributed by atoms with E-state index in [1.54, 1.807) is 0 Å². The molecule has 0 saturated carbocycles. The Bertz CT molecular complexity index is 1000. The van der Waals surface area contributed by atoms with Crippen LogP contribution in [-0.2, 0) is 16.1 Å². The summed E-state index contributed by atoms with van der Waals surface area (Å²) < 4.78 is 11.0. The highest BCUT2D eigenvalue weighted by Gasteiger charge is 2.19. The zero-order chi connectivity index (χ0) is 19.9. The minimum atomic E-state index is -0.271. The van der Waals surface area contributed by atoms with E-state index in [0.717, 1.165) is 16.7 Å². The Morgan fingerprint density at radius 3 is 1.97 bits per heavy atom. The smallest absolute Gasteiger partial charge is 0.307 e. The number of carbonyl (C=O) groups excluding carboxylic acids is 1. The predicted molar refractivity (Wildman–Crippen MR) is 111 cm³/mol. The van der Waals surface area contributed by atoms with Gasteiger partial charge in [-0.1, -0.05) is 78.9 Å². The highest BCUT2D eigenvalue weighted by molar-refractivity contribution is 5.71. The Balaban J connectivity index is 1.42. The Labute approximate surface area is 169 Å². The number of oxazole rings is 1. The van der Waals surface area contributed by atoms with Gasteiger partial charge in [-0.3, -0.25) is 4.79 Å². The summed E-state index contributed by atoms with van der Waals surface area (Å²) in [5.41, 5.74) is 3.65. The molecule has 1 heterocycles. The minimum absolute atomic E-state index is 0.0536. The van der Waals surface area contributed by atoms with E-state index in [1.807, 2.05) is 91.0 Å². The van der Waals surface area contributed by atoms with Gasteiger partial charge in [0.2, 0.25) is 5.89 Å². The van der Waals surface area contributed by atoms with Crippen LogP contribution in [0.5, 0.6) is 0 Å². The second-order valence-corrected chi connectivity index (χ2v) is 6.75. The molecule has 0 unspecified atom stereocenters. The average molecular weight is 383 g/mol. The van der Waals surface area contributed by atoms with Crippen LogP contribution in [0, 0.1) is 0 Å². The minimum Gasteiger partial charge on any atom is -0.459 e. The lowest BCUT2D eigenvalue weighted by molar-refractivity contribution is -0.145. The molecule has 0 aliphatic heterocycles. The van der Waals surface area contributed by atoms with Crippen molar-refractivity contribution in [2.24, 2.45) is 0 Å². The molecule has 29 heavy (non-hydrogen) atoms. The number of hydrogen-bond donors (Lipinski definition) is 0. The molecule has 0 saturated heterocycles. The number of ether oxygens (including phenoxy) is 1. The molecule has 4 aromatic rings. The van der Waals surface area contributed by atoms with Crippen LogP contribution in [0.15, 0.2) is 102 Å². The van der Waals surface area contributed by atoms with E-state index in [-0.39, 0.29) is 24.9 Å². The van der Waals surface area contributed by atoms with Crippen LogP contribution in [-0.4, -0.2) is 11.0 Å². The largest absolute Gasteiger partial charge is 0.459 e. The number of benzene rings is 3. The molecular formula is C25H21NO3. The van der Waals surface area contributed by atoms with Crippen LogP contribution in [0.4, 0.5) is 0 Å². The lowest BCUT2D eigenvalue weighted by Crippen LogP contribution is -2.12. The third-order valence-electron chi connectivity index (χ3n) is 4.73. The van der Waals surface area contributed by atoms with Crippen LogP contribution in [0.25, 0.3) is 11.5 Å². The van der Waals surface area contributed by atoms with E-state index >= 15 is 0 Å². The van der Waals surface area contributed by atoms with Gasteiger partial charge in [0.15, 0.2) is 0 Å². The number of nitrogens with zero attached hydrogens (tertiary/aromatic N) is 1. The van der Waals surface area contributed by atoms with Gasteiger partial charge in [0, 0.05) is 11.5 Å². The second kappa shape index (κ2) is 9.02. The van der Waals surface area contributed by atoms with E-state index < -0.39 is 0 Å². The molecule has 4 nitrogen and oxygen atoms in total. The molecule has 3 aromatic carbocycles. The summed E-state index contributed by atoms with van der Waals surface area (Å²) in [6, 6.07) is 29.6. The molecule has 144 valence electrons. The average Bonchev–Trinajstić information content (AvgIpc) is 3.27. The monoisotopic (exact) mass is 383 g/mol. The van der Waals surface area contributed by atoms with Crippen LogP contribution in [0.2, 0.25) is 0 Å². The van der Waals surface area contributed by atoms with Gasteiger partial charge >= 0.3 is 5.97 Å². The van der Waals surface area contributed by atoms with Crippen molar-refractivity contribution < 1.29 is 13.9 Å². The van der Waals surface area contributed by atoms with Crippen molar-refractivity contribution >= 4 is 5.97 Å². The van der Waals surface area contributed by atoms with Crippen molar-refractivity contribution in [3.63, 3.8) is 0 Å². The molecular weight excluding hydrogens is 362 g/mol. The topological polar surface area (TPSA) is 52.3 Å². The second-order valence-electron chi connectivity index (χ2n) is 6.75. The van der Waals surface area contributed by atoms with Crippen LogP contribution in [0.3, 0.4) is 0 Å². The van der Waals surface area contributed by atoms with Gasteiger partial charge < -0.3 is 9.15 Å². The normalized spacial score (nSPS) is 10.8. The van der Waals surface area contributed by atoms with Crippen molar-refractivity contribution in [2.75, 3.05) is 0 Å². The first kappa shape index (κ1) is 18.7. The Morgan fingerprint density at radius 2 is 1.38 bits per heavy atom. The van der Waals surface area contributed by atoms with Crippen molar-refractivity contribution in [3.05, 3.63) is 114 Å². The first-order valence-corrected chi connectivity index (χ1v) is 9.55. The molecule has 0 spiro atoms. The van der Waals surface area contributed by atoms with E-state index in [4.69, 9.17) is 9.15 Å². The van der Waals surface area contributed by atoms with Crippen molar-refractivity contribution in [3.8, 4) is 11.5 Å². The van der Waals surface area contributed by atoms with E-state index in [2.05, 4.69) is 4.98 Å². The molecule has 0 fully saturated rings. The highest BCUT2D eigenvalue weighted by atomic mass is 16.5. The fourth-order valence-electron chi connectivity index (χ4n) is 3.27. The number of esters is 1. The number of hydrogen-bond acceptors (Lipinski definition) is 4. The third kappa shape index (κ3) is 4.79. The maximum absolute atomic E-state index is 12.6. The standard InChI is InChI=1S/C25H21NO3/c27-24(28-17-22-18-29-25(26-22)21-14-8-3-9-15-21)16-23(19-10-4-1-5-11-19)20-12-6-2-7-13-20/h1-15,18,23H,16-17H2. The maximum atomic E-state index is 12.6. The van der Waals surface area contributed by atoms with Gasteiger partial charge in [0.1, 0.15) is 18.6 Å². The summed E-state index contributed by atoms with van der Waals surface area (Å²) in [5.74, 6) is 0.192. The lowest BCUT2D eigenvalue weighted by atomic mass is 9.89. The number of carbonyl (C=O) groups is 1. The Hall–Kier alpha value is -3.66. The summed E-state index contributed by atoms with van der Waals surface area (Å²) in [7, 11) is 0. The maximum Gasteiger partial charge on any atom is 0.307 e. The number of rotatable bonds is 7. The van der Waals surface area contributed by atoms with Crippen molar-refractivity contribution in [1.82, 2.24) is 4.98 Å². The molecule has 0 aliphatic rings. The summed E-state index contributed by atoms with van der Waals surface area (Å²) in [6.07, 6.45) is 1.79. The fraction of sp³-hybridized carbons (Fsp3) is 0.120. The molecule has 0 radical (unpaired) electrons. The molecule has 0 bridgehead atoms. The molecule has 0 N–H and O–H groups in total. The van der Waals surface area contributed by atoms with E-state index in [1.165, 1.54) is 6.26 Å². The predicted octanol–water partition coefficient (Wildman–Crippen LogP) is 5.61. The SMILES string of the molecule is O=C(CC(c1ccccc1)c1ccccc1)OCc1coc(-c2ccccc2)n1. The lowest BCUT2D eigenvalue weighted by Gasteiger charge is -2.17. The first-order chi connectivity index (χ1) is 14.3. The molecule has 4 rings (SSSR count). The van der Waals surface area contributed by atoms with E-state index in [9.17, 15) is 4.79 Å². The van der Waals surface area contributed by atoms with Crippen LogP contribution < -0.4 is 0 Å². The quantitative estimate of drug-likeness (QED) is 0.389. The number of aromatic nitrogens is 1. The van der Waals surface area contributed by atoms with Crippen LogP contribution >= 0.6 is 0 Å². The third-order valence-corrected chi connectivity index (χ3v) is 4.73. The first-order valence-electron chi connectivity index (χ1n) is 9.55. The van der Waals surface area contributed by atoms with E-state index in [0.29, 0.717) is 11.6 Å². The zero-order valence-corrected chi connectivity index (χ0v) is 15.9. The summed E-state index contributed by atoms with van der Waals surface area (Å²) in [4.78, 5) is 17.0. The van der Waals surface area contributed by atoms with Crippen molar-refractivity contribution in [2.45, 2.75) is 18.9 Å². The summed E-state index contributed by atoms with van der Waals surface area (Å²) in [5, 5.41) is 0. The Morgan fingerprint density at radius 1 is 0.828 bits per heavy atom. The van der Waals surface area contributed by atoms with Crippen molar-refractivity contribution in [1.29, 1.82) is 0 Å². The molecule has 0 atom stereocenters. The highest BCUT2D eigenvalue weighted by Crippen LogP contribution is 2.28. The molecule has 4 heteroatoms. The summed E-state index contributed by atoms with van der Waals surface area (Å²) >= 11 is 0. The Kier molecular flexibility index (Phi) is 5.81. The summed E-state index contributed by atoms with van der Waals surface area (Å²) in [6.45, 7) is 0.0888. The van der Waals surface area contributed by atoms with Gasteiger partial charge in [0.25, 0.3) is 0 Å². The molecule has 1 aromatic heterocycles. The molecule has 0 aliphatic carbocycles. The van der Waals surface area contributed by atoms with Gasteiger partial charge in [-0.2, -0.15) is 0 Å². The van der Waals surface area contributed by atoms with Gasteiger partial charge in [-0.25, -0.2) is 4.98 Å². The van der Waals surface area contributed by atoms with Gasteiger partial charge in [0.05, 0.1) is 6.42 Å². The molecule has 0 amide bonds. The zero-order valence-electron chi connectivity index (χ0n) is 15.9.